The Morgan fingerprint density at radius 3 is 3.08 bits per heavy atom. The van der Waals surface area contributed by atoms with Crippen LogP contribution in [-0.2, 0) is 9.53 Å². The first-order valence-electron chi connectivity index (χ1n) is 3.89. The van der Waals surface area contributed by atoms with Crippen LogP contribution in [0.4, 0.5) is 0 Å². The minimum atomic E-state index is 0.176. The molecule has 13 heavy (non-hydrogen) atoms. The van der Waals surface area contributed by atoms with E-state index in [0.717, 1.165) is 10.0 Å². The normalized spacial score (nSPS) is 12.2. The summed E-state index contributed by atoms with van der Waals surface area (Å²) in [5.41, 5.74) is 1.05. The highest BCUT2D eigenvalue weighted by molar-refractivity contribution is 9.10. The van der Waals surface area contributed by atoms with Crippen molar-refractivity contribution in [1.29, 1.82) is 0 Å². The molecular formula is C9H10BrNO2. The highest BCUT2D eigenvalue weighted by Gasteiger charge is 2.06. The van der Waals surface area contributed by atoms with Crippen LogP contribution in [0.25, 0.3) is 0 Å². The molecule has 0 saturated heterocycles. The van der Waals surface area contributed by atoms with E-state index in [1.165, 1.54) is 0 Å². The summed E-state index contributed by atoms with van der Waals surface area (Å²) in [6.45, 7) is 2.83. The summed E-state index contributed by atoms with van der Waals surface area (Å²) < 4.78 is 5.60. The van der Waals surface area contributed by atoms with Gasteiger partial charge in [-0.2, -0.15) is 0 Å². The van der Waals surface area contributed by atoms with E-state index in [9.17, 15) is 4.79 Å². The molecule has 0 saturated carbocycles. The van der Waals surface area contributed by atoms with Crippen LogP contribution in [0.15, 0.2) is 22.9 Å². The van der Waals surface area contributed by atoms with Crippen molar-refractivity contribution in [2.45, 2.75) is 12.8 Å². The van der Waals surface area contributed by atoms with Crippen molar-refractivity contribution in [2.75, 3.05) is 6.61 Å². The highest BCUT2D eigenvalue weighted by atomic mass is 79.9. The van der Waals surface area contributed by atoms with Gasteiger partial charge in [-0.15, -0.1) is 0 Å². The molecule has 0 aliphatic rings. The highest BCUT2D eigenvalue weighted by Crippen LogP contribution is 2.18. The number of hydrogen-bond donors (Lipinski definition) is 0. The van der Waals surface area contributed by atoms with E-state index in [2.05, 4.69) is 25.7 Å². The summed E-state index contributed by atoms with van der Waals surface area (Å²) in [5.74, 6) is 0.176. The maximum Gasteiger partial charge on any atom is 0.293 e. The van der Waals surface area contributed by atoms with Gasteiger partial charge < -0.3 is 4.74 Å². The number of nitrogens with zero attached hydrogens (tertiary/aromatic N) is 1. The lowest BCUT2D eigenvalue weighted by atomic mass is 10.1. The van der Waals surface area contributed by atoms with Crippen molar-refractivity contribution in [3.8, 4) is 0 Å². The summed E-state index contributed by atoms with van der Waals surface area (Å²) in [5, 5.41) is 0. The molecule has 0 N–H and O–H groups in total. The molecule has 0 aliphatic carbocycles. The number of ether oxygens (including phenoxy) is 1. The van der Waals surface area contributed by atoms with E-state index in [0.29, 0.717) is 13.1 Å². The number of carbonyl (C=O) groups excluding carboxylic acids is 1. The van der Waals surface area contributed by atoms with Crippen molar-refractivity contribution in [3.05, 3.63) is 28.5 Å². The Balaban J connectivity index is 2.65. The van der Waals surface area contributed by atoms with E-state index in [-0.39, 0.29) is 5.92 Å². The molecule has 0 aliphatic heterocycles. The molecule has 0 radical (unpaired) electrons. The van der Waals surface area contributed by atoms with Gasteiger partial charge in [0.1, 0.15) is 0 Å². The Morgan fingerprint density at radius 2 is 2.46 bits per heavy atom. The lowest BCUT2D eigenvalue weighted by molar-refractivity contribution is -0.129. The maximum atomic E-state index is 9.96. The minimum Gasteiger partial charge on any atom is -0.467 e. The quantitative estimate of drug-likeness (QED) is 0.761. The van der Waals surface area contributed by atoms with Crippen LogP contribution >= 0.6 is 15.9 Å². The summed E-state index contributed by atoms with van der Waals surface area (Å²) in [6.07, 6.45) is 3.49. The third-order valence-corrected chi connectivity index (χ3v) is 2.14. The zero-order valence-electron chi connectivity index (χ0n) is 7.24. The van der Waals surface area contributed by atoms with Crippen LogP contribution in [0.5, 0.6) is 0 Å². The summed E-state index contributed by atoms with van der Waals surface area (Å²) >= 11 is 3.33. The summed E-state index contributed by atoms with van der Waals surface area (Å²) in [6, 6.07) is 1.96. The molecule has 3 nitrogen and oxygen atoms in total. The van der Waals surface area contributed by atoms with E-state index >= 15 is 0 Å². The molecule has 1 unspecified atom stereocenters. The molecule has 1 rings (SSSR count). The molecule has 0 spiro atoms. The van der Waals surface area contributed by atoms with Crippen LogP contribution in [-0.4, -0.2) is 18.1 Å². The predicted molar refractivity (Wildman–Crippen MR) is 52.4 cm³/mol. The predicted octanol–water partition coefficient (Wildman–Crippen LogP) is 2.12. The molecule has 4 heteroatoms. The first kappa shape index (κ1) is 10.2. The second-order valence-corrected chi connectivity index (χ2v) is 3.68. The monoisotopic (exact) mass is 243 g/mol. The number of rotatable bonds is 4. The number of aromatic nitrogens is 1. The van der Waals surface area contributed by atoms with Crippen LogP contribution in [0.2, 0.25) is 0 Å². The van der Waals surface area contributed by atoms with Crippen molar-refractivity contribution in [2.24, 2.45) is 0 Å². The number of halogens is 1. The van der Waals surface area contributed by atoms with Crippen molar-refractivity contribution >= 4 is 22.4 Å². The van der Waals surface area contributed by atoms with Gasteiger partial charge >= 0.3 is 0 Å². The fourth-order valence-electron chi connectivity index (χ4n) is 0.978. The van der Waals surface area contributed by atoms with E-state index in [4.69, 9.17) is 0 Å². The Hall–Kier alpha value is -0.900. The number of pyridine rings is 1. The Kier molecular flexibility index (Phi) is 3.89. The average Bonchev–Trinajstić information content (AvgIpc) is 2.14. The fourth-order valence-corrected chi connectivity index (χ4v) is 1.36. The lowest BCUT2D eigenvalue weighted by Crippen LogP contribution is -2.03. The zero-order chi connectivity index (χ0) is 9.68. The Bertz CT molecular complexity index is 291. The lowest BCUT2D eigenvalue weighted by Gasteiger charge is -2.09. The van der Waals surface area contributed by atoms with E-state index in [1.807, 2.05) is 13.0 Å². The van der Waals surface area contributed by atoms with Crippen LogP contribution in [0.3, 0.4) is 0 Å². The molecule has 70 valence electrons. The van der Waals surface area contributed by atoms with E-state index < -0.39 is 0 Å². The number of hydrogen-bond acceptors (Lipinski definition) is 3. The zero-order valence-corrected chi connectivity index (χ0v) is 8.82. The van der Waals surface area contributed by atoms with Gasteiger partial charge in [-0.25, -0.2) is 0 Å². The fraction of sp³-hybridized carbons (Fsp3) is 0.333. The van der Waals surface area contributed by atoms with Gasteiger partial charge in [0.25, 0.3) is 6.47 Å². The van der Waals surface area contributed by atoms with E-state index in [1.54, 1.807) is 12.4 Å². The molecule has 1 heterocycles. The van der Waals surface area contributed by atoms with Gasteiger partial charge in [0.05, 0.1) is 6.61 Å². The topological polar surface area (TPSA) is 39.2 Å². The molecule has 1 aromatic heterocycles. The van der Waals surface area contributed by atoms with Gasteiger partial charge in [-0.1, -0.05) is 6.92 Å². The van der Waals surface area contributed by atoms with Crippen LogP contribution in [0.1, 0.15) is 18.4 Å². The number of carbonyl (C=O) groups is 1. The Morgan fingerprint density at radius 1 is 1.69 bits per heavy atom. The summed E-state index contributed by atoms with van der Waals surface area (Å²) in [4.78, 5) is 14.0. The standard InChI is InChI=1S/C9H10BrNO2/c1-7(5-13-6-12)8-2-9(10)4-11-3-8/h2-4,6-7H,5H2,1H3. The van der Waals surface area contributed by atoms with Crippen molar-refractivity contribution in [1.82, 2.24) is 4.98 Å². The van der Waals surface area contributed by atoms with Gasteiger partial charge in [0, 0.05) is 22.8 Å². The maximum absolute atomic E-state index is 9.96. The first-order valence-corrected chi connectivity index (χ1v) is 4.69. The molecule has 0 fully saturated rings. The van der Waals surface area contributed by atoms with Crippen molar-refractivity contribution < 1.29 is 9.53 Å². The smallest absolute Gasteiger partial charge is 0.293 e. The van der Waals surface area contributed by atoms with Gasteiger partial charge in [0.15, 0.2) is 0 Å². The second-order valence-electron chi connectivity index (χ2n) is 2.77. The SMILES string of the molecule is CC(COC=O)c1cncc(Br)c1. The van der Waals surface area contributed by atoms with Gasteiger partial charge in [-0.05, 0) is 27.6 Å². The minimum absolute atomic E-state index is 0.176. The molecule has 1 atom stereocenters. The van der Waals surface area contributed by atoms with Gasteiger partial charge in [-0.3, -0.25) is 9.78 Å². The third kappa shape index (κ3) is 3.14. The largest absolute Gasteiger partial charge is 0.467 e. The van der Waals surface area contributed by atoms with Crippen LogP contribution < -0.4 is 0 Å². The molecule has 0 aromatic carbocycles. The third-order valence-electron chi connectivity index (χ3n) is 1.71. The average molecular weight is 244 g/mol. The van der Waals surface area contributed by atoms with Crippen molar-refractivity contribution in [3.63, 3.8) is 0 Å². The molecule has 1 aromatic rings. The first-order chi connectivity index (χ1) is 6.24. The van der Waals surface area contributed by atoms with Gasteiger partial charge in [0.2, 0.25) is 0 Å². The molecule has 0 bridgehead atoms. The Labute approximate surface area is 85.3 Å². The molecule has 0 amide bonds. The summed E-state index contributed by atoms with van der Waals surface area (Å²) in [7, 11) is 0. The molecular weight excluding hydrogens is 234 g/mol. The second kappa shape index (κ2) is 4.97. The van der Waals surface area contributed by atoms with Crippen LogP contribution in [0, 0.1) is 0 Å².